The summed E-state index contributed by atoms with van der Waals surface area (Å²) in [7, 11) is 0. The molecule has 1 amide bonds. The van der Waals surface area contributed by atoms with Crippen molar-refractivity contribution in [2.45, 2.75) is 13.5 Å². The normalized spacial score (nSPS) is 10.5. The van der Waals surface area contributed by atoms with Gasteiger partial charge < -0.3 is 5.32 Å². The van der Waals surface area contributed by atoms with Gasteiger partial charge in [-0.3, -0.25) is 19.7 Å². The molecule has 3 aromatic rings. The number of hydrogen-bond acceptors (Lipinski definition) is 5. The highest BCUT2D eigenvalue weighted by atomic mass is 19.1. The topological polar surface area (TPSA) is 107 Å². The van der Waals surface area contributed by atoms with E-state index in [9.17, 15) is 24.1 Å². The molecule has 0 atom stereocenters. The van der Waals surface area contributed by atoms with E-state index in [0.717, 1.165) is 4.68 Å². The van der Waals surface area contributed by atoms with Crippen LogP contribution < -0.4 is 10.7 Å². The van der Waals surface area contributed by atoms with Crippen LogP contribution in [0.15, 0.2) is 59.4 Å². The summed E-state index contributed by atoms with van der Waals surface area (Å²) in [5.74, 6) is -1.29. The molecular formula is C19H15FN4O4. The fourth-order valence-electron chi connectivity index (χ4n) is 2.65. The van der Waals surface area contributed by atoms with Crippen molar-refractivity contribution < 1.29 is 14.1 Å². The fourth-order valence-corrected chi connectivity index (χ4v) is 2.65. The Balaban J connectivity index is 1.96. The number of nitro groups is 1. The zero-order chi connectivity index (χ0) is 20.3. The third-order valence-corrected chi connectivity index (χ3v) is 4.03. The lowest BCUT2D eigenvalue weighted by molar-refractivity contribution is -0.384. The molecule has 0 aliphatic carbocycles. The summed E-state index contributed by atoms with van der Waals surface area (Å²) in [6.45, 7) is 1.41. The number of halogens is 1. The Morgan fingerprint density at radius 1 is 1.21 bits per heavy atom. The van der Waals surface area contributed by atoms with Crippen LogP contribution in [0.3, 0.4) is 0 Å². The summed E-state index contributed by atoms with van der Waals surface area (Å²) >= 11 is 0. The number of benzene rings is 2. The molecule has 8 nitrogen and oxygen atoms in total. The van der Waals surface area contributed by atoms with Gasteiger partial charge in [0, 0.05) is 29.9 Å². The minimum Gasteiger partial charge on any atom is -0.346 e. The van der Waals surface area contributed by atoms with Crippen LogP contribution in [0.25, 0.3) is 5.69 Å². The second-order valence-corrected chi connectivity index (χ2v) is 5.93. The maximum atomic E-state index is 13.7. The van der Waals surface area contributed by atoms with Crippen molar-refractivity contribution in [1.82, 2.24) is 15.1 Å². The van der Waals surface area contributed by atoms with E-state index in [0.29, 0.717) is 5.69 Å². The van der Waals surface area contributed by atoms with E-state index < -0.39 is 27.8 Å². The van der Waals surface area contributed by atoms with Gasteiger partial charge in [0.15, 0.2) is 5.69 Å². The molecule has 0 aliphatic heterocycles. The monoisotopic (exact) mass is 382 g/mol. The molecule has 2 aromatic carbocycles. The number of aromatic nitrogens is 2. The first-order valence-electron chi connectivity index (χ1n) is 8.25. The maximum Gasteiger partial charge on any atom is 0.294 e. The first kappa shape index (κ1) is 18.9. The van der Waals surface area contributed by atoms with Gasteiger partial charge in [-0.05, 0) is 19.1 Å². The van der Waals surface area contributed by atoms with E-state index in [1.165, 1.54) is 42.5 Å². The van der Waals surface area contributed by atoms with Gasteiger partial charge in [0.1, 0.15) is 11.5 Å². The van der Waals surface area contributed by atoms with E-state index in [4.69, 9.17) is 0 Å². The molecule has 0 fully saturated rings. The number of nitro benzene ring substituents is 1. The molecule has 1 N–H and O–H groups in total. The summed E-state index contributed by atoms with van der Waals surface area (Å²) in [6.07, 6.45) is 0. The van der Waals surface area contributed by atoms with Crippen LogP contribution in [0.4, 0.5) is 10.1 Å². The molecule has 0 saturated carbocycles. The number of para-hydroxylation sites is 2. The van der Waals surface area contributed by atoms with Crippen molar-refractivity contribution in [2.24, 2.45) is 0 Å². The van der Waals surface area contributed by atoms with Crippen LogP contribution in [0.5, 0.6) is 0 Å². The number of nitrogens with zero attached hydrogens (tertiary/aromatic N) is 3. The van der Waals surface area contributed by atoms with Gasteiger partial charge in [0.25, 0.3) is 11.6 Å². The van der Waals surface area contributed by atoms with Crippen molar-refractivity contribution in [3.05, 3.63) is 97.7 Å². The first-order chi connectivity index (χ1) is 13.4. The average Bonchev–Trinajstić information content (AvgIpc) is 2.67. The van der Waals surface area contributed by atoms with E-state index >= 15 is 0 Å². The molecule has 0 unspecified atom stereocenters. The van der Waals surface area contributed by atoms with Crippen LogP contribution in [0.2, 0.25) is 0 Å². The number of rotatable bonds is 5. The number of nitrogens with one attached hydrogen (secondary N) is 1. The largest absolute Gasteiger partial charge is 0.346 e. The fraction of sp³-hybridized carbons (Fsp3) is 0.105. The summed E-state index contributed by atoms with van der Waals surface area (Å²) in [5, 5.41) is 17.7. The van der Waals surface area contributed by atoms with Gasteiger partial charge in [-0.2, -0.15) is 5.10 Å². The Labute approximate surface area is 158 Å². The van der Waals surface area contributed by atoms with Crippen molar-refractivity contribution >= 4 is 11.6 Å². The molecule has 0 radical (unpaired) electrons. The van der Waals surface area contributed by atoms with E-state index in [2.05, 4.69) is 10.4 Å². The minimum atomic E-state index is -0.805. The SMILES string of the molecule is Cc1cc(=O)c(C(=O)NCc2ccccc2F)nn1-c1ccccc1[N+](=O)[O-]. The standard InChI is InChI=1S/C19H15FN4O4/c1-12-10-17(25)18(19(26)21-11-13-6-2-3-7-14(13)20)22-23(12)15-8-4-5-9-16(15)24(27)28/h2-10H,11H2,1H3,(H,21,26). The third-order valence-electron chi connectivity index (χ3n) is 4.03. The van der Waals surface area contributed by atoms with Crippen LogP contribution >= 0.6 is 0 Å². The van der Waals surface area contributed by atoms with Gasteiger partial charge in [0.2, 0.25) is 5.43 Å². The van der Waals surface area contributed by atoms with Gasteiger partial charge >= 0.3 is 0 Å². The van der Waals surface area contributed by atoms with Crippen molar-refractivity contribution in [3.63, 3.8) is 0 Å². The molecule has 0 saturated heterocycles. The lowest BCUT2D eigenvalue weighted by Crippen LogP contribution is -2.32. The summed E-state index contributed by atoms with van der Waals surface area (Å²) in [4.78, 5) is 35.3. The number of aryl methyl sites for hydroxylation is 1. The van der Waals surface area contributed by atoms with E-state index in [1.807, 2.05) is 0 Å². The number of hydrogen-bond donors (Lipinski definition) is 1. The highest BCUT2D eigenvalue weighted by Gasteiger charge is 2.20. The Hall–Kier alpha value is -3.88. The molecule has 28 heavy (non-hydrogen) atoms. The molecule has 1 heterocycles. The molecule has 0 bridgehead atoms. The van der Waals surface area contributed by atoms with Crippen molar-refractivity contribution in [3.8, 4) is 5.69 Å². The maximum absolute atomic E-state index is 13.7. The Bertz CT molecular complexity index is 1130. The molecular weight excluding hydrogens is 367 g/mol. The lowest BCUT2D eigenvalue weighted by Gasteiger charge is -2.11. The zero-order valence-corrected chi connectivity index (χ0v) is 14.8. The Morgan fingerprint density at radius 2 is 1.89 bits per heavy atom. The van der Waals surface area contributed by atoms with E-state index in [1.54, 1.807) is 19.1 Å². The molecule has 9 heteroatoms. The van der Waals surface area contributed by atoms with Gasteiger partial charge in [-0.15, -0.1) is 0 Å². The third kappa shape index (κ3) is 3.78. The van der Waals surface area contributed by atoms with E-state index in [-0.39, 0.29) is 23.5 Å². The second-order valence-electron chi connectivity index (χ2n) is 5.93. The summed E-state index contributed by atoms with van der Waals surface area (Å²) < 4.78 is 14.8. The Morgan fingerprint density at radius 3 is 2.61 bits per heavy atom. The van der Waals surface area contributed by atoms with Crippen LogP contribution in [0, 0.1) is 22.9 Å². The molecule has 0 spiro atoms. The Kier molecular flexibility index (Phi) is 5.25. The van der Waals surface area contributed by atoms with Gasteiger partial charge in [-0.25, -0.2) is 9.07 Å². The highest BCUT2D eigenvalue weighted by molar-refractivity contribution is 5.92. The first-order valence-corrected chi connectivity index (χ1v) is 8.25. The number of carbonyl (C=O) groups excluding carboxylic acids is 1. The zero-order valence-electron chi connectivity index (χ0n) is 14.8. The molecule has 1 aromatic heterocycles. The lowest BCUT2D eigenvalue weighted by atomic mass is 10.2. The predicted octanol–water partition coefficient (Wildman–Crippen LogP) is 2.52. The molecule has 3 rings (SSSR count). The predicted molar refractivity (Wildman–Crippen MR) is 98.8 cm³/mol. The van der Waals surface area contributed by atoms with Crippen molar-refractivity contribution in [2.75, 3.05) is 0 Å². The summed E-state index contributed by atoms with van der Waals surface area (Å²) in [5.41, 5.74) is -0.613. The van der Waals surface area contributed by atoms with Gasteiger partial charge in [-0.1, -0.05) is 30.3 Å². The quantitative estimate of drug-likeness (QED) is 0.539. The second kappa shape index (κ2) is 7.78. The molecule has 142 valence electrons. The summed E-state index contributed by atoms with van der Waals surface area (Å²) in [6, 6.07) is 12.9. The highest BCUT2D eigenvalue weighted by Crippen LogP contribution is 2.22. The average molecular weight is 382 g/mol. The number of carbonyl (C=O) groups is 1. The molecule has 0 aliphatic rings. The van der Waals surface area contributed by atoms with Gasteiger partial charge in [0.05, 0.1) is 4.92 Å². The van der Waals surface area contributed by atoms with Crippen LogP contribution in [0.1, 0.15) is 21.7 Å². The smallest absolute Gasteiger partial charge is 0.294 e. The number of amides is 1. The van der Waals surface area contributed by atoms with Crippen LogP contribution in [-0.2, 0) is 6.54 Å². The minimum absolute atomic E-state index is 0.119. The van der Waals surface area contributed by atoms with Crippen molar-refractivity contribution in [1.29, 1.82) is 0 Å². The van der Waals surface area contributed by atoms with Crippen LogP contribution in [-0.4, -0.2) is 20.6 Å².